The number of nitro groups is 1. The van der Waals surface area contributed by atoms with Crippen molar-refractivity contribution in [3.8, 4) is 0 Å². The van der Waals surface area contributed by atoms with E-state index in [1.807, 2.05) is 11.0 Å². The van der Waals surface area contributed by atoms with Crippen LogP contribution in [0.5, 0.6) is 0 Å². The summed E-state index contributed by atoms with van der Waals surface area (Å²) in [6, 6.07) is 13.5. The maximum absolute atomic E-state index is 13.4. The van der Waals surface area contributed by atoms with Crippen molar-refractivity contribution in [2.75, 3.05) is 11.4 Å². The number of rotatable bonds is 4. The molecule has 3 aliphatic heterocycles. The van der Waals surface area contributed by atoms with Gasteiger partial charge in [0.2, 0.25) is 11.8 Å². The van der Waals surface area contributed by atoms with Crippen LogP contribution in [0.2, 0.25) is 0 Å². The molecule has 8 heteroatoms. The summed E-state index contributed by atoms with van der Waals surface area (Å²) >= 11 is 0. The summed E-state index contributed by atoms with van der Waals surface area (Å²) in [4.78, 5) is 53.7. The van der Waals surface area contributed by atoms with Crippen LogP contribution >= 0.6 is 0 Å². The van der Waals surface area contributed by atoms with Crippen molar-refractivity contribution in [3.05, 3.63) is 70.3 Å². The highest BCUT2D eigenvalue weighted by Gasteiger charge is 2.64. The number of carbonyl (C=O) groups excluding carboxylic acids is 3. The molecule has 0 bridgehead atoms. The summed E-state index contributed by atoms with van der Waals surface area (Å²) in [5.74, 6) is -2.34. The number of non-ortho nitro benzene ring substituents is 1. The molecular weight excluding hydrogens is 386 g/mol. The number of fused-ring (bicyclic) bond motifs is 3. The molecule has 5 rings (SSSR count). The Labute approximate surface area is 172 Å². The van der Waals surface area contributed by atoms with Gasteiger partial charge in [0, 0.05) is 23.7 Å². The van der Waals surface area contributed by atoms with Crippen LogP contribution in [0.3, 0.4) is 0 Å². The van der Waals surface area contributed by atoms with Gasteiger partial charge >= 0.3 is 0 Å². The molecule has 0 aliphatic carbocycles. The van der Waals surface area contributed by atoms with E-state index < -0.39 is 28.7 Å². The largest absolute Gasteiger partial charge is 0.292 e. The minimum Gasteiger partial charge on any atom is -0.292 e. The highest BCUT2D eigenvalue weighted by atomic mass is 16.6. The van der Waals surface area contributed by atoms with Crippen molar-refractivity contribution in [3.63, 3.8) is 0 Å². The van der Waals surface area contributed by atoms with Gasteiger partial charge in [0.25, 0.3) is 5.69 Å². The molecule has 2 aromatic carbocycles. The van der Waals surface area contributed by atoms with Crippen molar-refractivity contribution in [1.82, 2.24) is 4.90 Å². The van der Waals surface area contributed by atoms with Crippen molar-refractivity contribution in [2.24, 2.45) is 11.8 Å². The molecule has 2 aromatic rings. The Hall–Kier alpha value is -3.39. The molecule has 30 heavy (non-hydrogen) atoms. The van der Waals surface area contributed by atoms with Crippen LogP contribution < -0.4 is 4.90 Å². The third-order valence-corrected chi connectivity index (χ3v) is 6.48. The molecule has 0 aromatic heterocycles. The van der Waals surface area contributed by atoms with Gasteiger partial charge in [-0.15, -0.1) is 0 Å². The third-order valence-electron chi connectivity index (χ3n) is 6.48. The molecular formula is C22H19N3O5. The lowest BCUT2D eigenvalue weighted by molar-refractivity contribution is -0.384. The number of carbonyl (C=O) groups is 3. The van der Waals surface area contributed by atoms with Crippen LogP contribution in [0.25, 0.3) is 0 Å². The summed E-state index contributed by atoms with van der Waals surface area (Å²) < 4.78 is 0. The van der Waals surface area contributed by atoms with Crippen LogP contribution in [0.1, 0.15) is 23.2 Å². The Morgan fingerprint density at radius 3 is 2.47 bits per heavy atom. The summed E-state index contributed by atoms with van der Waals surface area (Å²) in [5.41, 5.74) is 0.511. The van der Waals surface area contributed by atoms with Gasteiger partial charge in [-0.1, -0.05) is 36.4 Å². The average molecular weight is 405 g/mol. The maximum atomic E-state index is 13.4. The number of anilines is 1. The van der Waals surface area contributed by atoms with Gasteiger partial charge in [-0.25, -0.2) is 4.90 Å². The van der Waals surface area contributed by atoms with E-state index in [0.717, 1.165) is 17.7 Å². The average Bonchev–Trinajstić information content (AvgIpc) is 3.40. The lowest BCUT2D eigenvalue weighted by Crippen LogP contribution is -2.46. The smallest absolute Gasteiger partial charge is 0.271 e. The molecule has 3 aliphatic rings. The second-order valence-electron chi connectivity index (χ2n) is 7.96. The zero-order valence-electron chi connectivity index (χ0n) is 16.0. The quantitative estimate of drug-likeness (QED) is 0.335. The normalized spacial score (nSPS) is 27.9. The van der Waals surface area contributed by atoms with E-state index in [1.165, 1.54) is 24.3 Å². The first-order valence-corrected chi connectivity index (χ1v) is 9.96. The molecule has 3 fully saturated rings. The maximum Gasteiger partial charge on any atom is 0.271 e. The van der Waals surface area contributed by atoms with E-state index in [-0.39, 0.29) is 29.1 Å². The fourth-order valence-corrected chi connectivity index (χ4v) is 5.29. The number of nitro benzene ring substituents is 1. The SMILES string of the molecule is O=C(c1ccccc1)[C@@H]1[C@@H]2C(=O)N(c3cccc([N+](=O)[O-])c3)C(=O)[C@@H]2[C@@H]2CCCN12. The monoisotopic (exact) mass is 405 g/mol. The first-order valence-electron chi connectivity index (χ1n) is 9.96. The Morgan fingerprint density at radius 1 is 1.00 bits per heavy atom. The van der Waals surface area contributed by atoms with Gasteiger partial charge in [0.15, 0.2) is 5.78 Å². The minimum absolute atomic E-state index is 0.156. The van der Waals surface area contributed by atoms with Gasteiger partial charge in [0.1, 0.15) is 0 Å². The third kappa shape index (κ3) is 2.60. The second-order valence-corrected chi connectivity index (χ2v) is 7.96. The van der Waals surface area contributed by atoms with E-state index in [4.69, 9.17) is 0 Å². The Balaban J connectivity index is 1.55. The predicted molar refractivity (Wildman–Crippen MR) is 107 cm³/mol. The molecule has 0 N–H and O–H groups in total. The van der Waals surface area contributed by atoms with Crippen LogP contribution in [0.15, 0.2) is 54.6 Å². The van der Waals surface area contributed by atoms with Gasteiger partial charge in [-0.05, 0) is 25.5 Å². The number of nitrogens with zero attached hydrogens (tertiary/aromatic N) is 3. The Bertz CT molecular complexity index is 1070. The summed E-state index contributed by atoms with van der Waals surface area (Å²) in [6.07, 6.45) is 1.62. The summed E-state index contributed by atoms with van der Waals surface area (Å²) in [7, 11) is 0. The lowest BCUT2D eigenvalue weighted by atomic mass is 9.85. The molecule has 8 nitrogen and oxygen atoms in total. The molecule has 3 heterocycles. The minimum atomic E-state index is -0.769. The fraction of sp³-hybridized carbons (Fsp3) is 0.318. The number of amides is 2. The number of ketones is 1. The molecule has 2 amide bonds. The van der Waals surface area contributed by atoms with Gasteiger partial charge in [0.05, 0.1) is 28.5 Å². The lowest BCUT2D eigenvalue weighted by Gasteiger charge is -2.27. The van der Waals surface area contributed by atoms with E-state index in [0.29, 0.717) is 12.1 Å². The van der Waals surface area contributed by atoms with E-state index in [2.05, 4.69) is 0 Å². The molecule has 4 atom stereocenters. The molecule has 0 saturated carbocycles. The van der Waals surface area contributed by atoms with Crippen LogP contribution in [0.4, 0.5) is 11.4 Å². The fourth-order valence-electron chi connectivity index (χ4n) is 5.29. The summed E-state index contributed by atoms with van der Waals surface area (Å²) in [5, 5.41) is 11.1. The molecule has 3 saturated heterocycles. The van der Waals surface area contributed by atoms with Crippen LogP contribution in [-0.4, -0.2) is 46.0 Å². The topological polar surface area (TPSA) is 101 Å². The zero-order valence-corrected chi connectivity index (χ0v) is 16.0. The van der Waals surface area contributed by atoms with E-state index in [1.54, 1.807) is 24.3 Å². The standard InChI is InChI=1S/C22H19N3O5/c26-20(13-6-2-1-3-7-13)19-18-17(16-10-5-11-23(16)19)21(27)24(22(18)28)14-8-4-9-15(12-14)25(29)30/h1-4,6-9,12,16-19H,5,10-11H2/t16-,17+,18+,19-/m0/s1. The zero-order chi connectivity index (χ0) is 21.0. The van der Waals surface area contributed by atoms with Gasteiger partial charge in [-0.3, -0.25) is 29.4 Å². The van der Waals surface area contributed by atoms with Crippen molar-refractivity contribution >= 4 is 29.0 Å². The second kappa shape index (κ2) is 6.84. The predicted octanol–water partition coefficient (Wildman–Crippen LogP) is 2.43. The van der Waals surface area contributed by atoms with Crippen LogP contribution in [-0.2, 0) is 9.59 Å². The molecule has 152 valence electrons. The molecule has 0 unspecified atom stereocenters. The van der Waals surface area contributed by atoms with Gasteiger partial charge in [-0.2, -0.15) is 0 Å². The van der Waals surface area contributed by atoms with Crippen molar-refractivity contribution in [2.45, 2.75) is 24.9 Å². The van der Waals surface area contributed by atoms with E-state index >= 15 is 0 Å². The Morgan fingerprint density at radius 2 is 1.73 bits per heavy atom. The van der Waals surface area contributed by atoms with Gasteiger partial charge < -0.3 is 0 Å². The summed E-state index contributed by atoms with van der Waals surface area (Å²) in [6.45, 7) is 0.679. The number of hydrogen-bond acceptors (Lipinski definition) is 6. The number of Topliss-reactive ketones (excluding diaryl/α,β-unsaturated/α-hetero) is 1. The first-order chi connectivity index (χ1) is 14.5. The number of imide groups is 1. The van der Waals surface area contributed by atoms with Crippen molar-refractivity contribution < 1.29 is 19.3 Å². The number of hydrogen-bond donors (Lipinski definition) is 0. The van der Waals surface area contributed by atoms with E-state index in [9.17, 15) is 24.5 Å². The Kier molecular flexibility index (Phi) is 4.25. The van der Waals surface area contributed by atoms with Crippen molar-refractivity contribution in [1.29, 1.82) is 0 Å². The molecule has 0 radical (unpaired) electrons. The highest BCUT2D eigenvalue weighted by molar-refractivity contribution is 6.24. The number of benzene rings is 2. The first kappa shape index (κ1) is 18.6. The highest BCUT2D eigenvalue weighted by Crippen LogP contribution is 2.48. The van der Waals surface area contributed by atoms with Crippen LogP contribution in [0, 0.1) is 22.0 Å². The molecule has 0 spiro atoms.